The molecule has 2 heteroatoms. The summed E-state index contributed by atoms with van der Waals surface area (Å²) < 4.78 is 12.1. The second-order valence-corrected chi connectivity index (χ2v) is 4.39. The molecule has 16 heavy (non-hydrogen) atoms. The van der Waals surface area contributed by atoms with Gasteiger partial charge in [-0.05, 0) is 25.3 Å². The number of ether oxygens (including phenoxy) is 2. The van der Waals surface area contributed by atoms with Crippen LogP contribution in [0.15, 0.2) is 30.3 Å². The van der Waals surface area contributed by atoms with E-state index in [4.69, 9.17) is 9.47 Å². The minimum absolute atomic E-state index is 0.0705. The fraction of sp³-hybridized carbons (Fsp3) is 0.571. The van der Waals surface area contributed by atoms with Crippen molar-refractivity contribution in [2.24, 2.45) is 0 Å². The third kappa shape index (κ3) is 2.00. The summed E-state index contributed by atoms with van der Waals surface area (Å²) in [6.07, 6.45) is 2.00. The van der Waals surface area contributed by atoms with Crippen molar-refractivity contribution in [2.75, 3.05) is 0 Å². The molecule has 0 unspecified atom stereocenters. The van der Waals surface area contributed by atoms with Gasteiger partial charge in [0.05, 0.1) is 6.10 Å². The molecule has 1 heterocycles. The van der Waals surface area contributed by atoms with Crippen LogP contribution in [0.2, 0.25) is 0 Å². The van der Waals surface area contributed by atoms with Crippen LogP contribution in [0.5, 0.6) is 0 Å². The van der Waals surface area contributed by atoms with Gasteiger partial charge >= 0.3 is 0 Å². The maximum atomic E-state index is 6.12. The second-order valence-electron chi connectivity index (χ2n) is 4.39. The van der Waals surface area contributed by atoms with Crippen LogP contribution in [0.3, 0.4) is 0 Å². The van der Waals surface area contributed by atoms with E-state index < -0.39 is 0 Å². The first-order valence-electron chi connectivity index (χ1n) is 6.11. The molecule has 1 saturated heterocycles. The summed E-state index contributed by atoms with van der Waals surface area (Å²) in [5.74, 6) is -0.375. The van der Waals surface area contributed by atoms with Crippen LogP contribution < -0.4 is 0 Å². The highest BCUT2D eigenvalue weighted by Gasteiger charge is 2.43. The maximum Gasteiger partial charge on any atom is 0.169 e. The predicted molar refractivity (Wildman–Crippen MR) is 64.1 cm³/mol. The van der Waals surface area contributed by atoms with Crippen molar-refractivity contribution in [3.05, 3.63) is 35.9 Å². The summed E-state index contributed by atoms with van der Waals surface area (Å²) in [5.41, 5.74) is 1.21. The van der Waals surface area contributed by atoms with Gasteiger partial charge < -0.3 is 9.47 Å². The Kier molecular flexibility index (Phi) is 3.31. The zero-order valence-corrected chi connectivity index (χ0v) is 10.3. The standard InChI is InChI=1S/C14H20O2/c1-4-14(5-2)15-11(3)13(16-14)12-9-7-6-8-10-12/h6-11,13H,4-5H2,1-3H3/t11-,13+/m0/s1. The molecule has 0 N–H and O–H groups in total. The Morgan fingerprint density at radius 3 is 2.19 bits per heavy atom. The number of hydrogen-bond donors (Lipinski definition) is 0. The van der Waals surface area contributed by atoms with E-state index in [9.17, 15) is 0 Å². The van der Waals surface area contributed by atoms with E-state index in [0.717, 1.165) is 12.8 Å². The van der Waals surface area contributed by atoms with Gasteiger partial charge in [0.15, 0.2) is 5.79 Å². The molecule has 2 rings (SSSR count). The average molecular weight is 220 g/mol. The predicted octanol–water partition coefficient (Wildman–Crippen LogP) is 3.68. The van der Waals surface area contributed by atoms with Crippen molar-refractivity contribution in [1.29, 1.82) is 0 Å². The lowest BCUT2D eigenvalue weighted by atomic mass is 10.1. The smallest absolute Gasteiger partial charge is 0.169 e. The molecule has 0 aliphatic carbocycles. The lowest BCUT2D eigenvalue weighted by Crippen LogP contribution is -2.28. The molecule has 0 aromatic heterocycles. The molecule has 0 spiro atoms. The van der Waals surface area contributed by atoms with Gasteiger partial charge in [0, 0.05) is 0 Å². The highest BCUT2D eigenvalue weighted by Crippen LogP contribution is 2.41. The molecular formula is C14H20O2. The van der Waals surface area contributed by atoms with Crippen LogP contribution >= 0.6 is 0 Å². The monoisotopic (exact) mass is 220 g/mol. The third-order valence-corrected chi connectivity index (χ3v) is 3.37. The van der Waals surface area contributed by atoms with E-state index in [0.29, 0.717) is 0 Å². The van der Waals surface area contributed by atoms with Crippen molar-refractivity contribution >= 4 is 0 Å². The van der Waals surface area contributed by atoms with Gasteiger partial charge in [-0.2, -0.15) is 0 Å². The summed E-state index contributed by atoms with van der Waals surface area (Å²) in [5, 5.41) is 0. The Bertz CT molecular complexity index is 330. The van der Waals surface area contributed by atoms with Crippen molar-refractivity contribution in [3.63, 3.8) is 0 Å². The van der Waals surface area contributed by atoms with Crippen LogP contribution in [0.1, 0.15) is 45.3 Å². The van der Waals surface area contributed by atoms with Crippen molar-refractivity contribution < 1.29 is 9.47 Å². The SMILES string of the molecule is CCC1(CC)O[C@@H](C)[C@H](c2ccccc2)O1. The van der Waals surface area contributed by atoms with E-state index in [2.05, 4.69) is 32.9 Å². The molecule has 1 aliphatic rings. The van der Waals surface area contributed by atoms with E-state index >= 15 is 0 Å². The van der Waals surface area contributed by atoms with Gasteiger partial charge in [0.1, 0.15) is 6.10 Å². The Morgan fingerprint density at radius 2 is 1.69 bits per heavy atom. The molecule has 88 valence electrons. The first kappa shape index (κ1) is 11.6. The fourth-order valence-corrected chi connectivity index (χ4v) is 2.32. The van der Waals surface area contributed by atoms with Crippen molar-refractivity contribution in [3.8, 4) is 0 Å². The highest BCUT2D eigenvalue weighted by atomic mass is 16.8. The minimum Gasteiger partial charge on any atom is -0.344 e. The van der Waals surface area contributed by atoms with E-state index in [1.54, 1.807) is 0 Å². The Balaban J connectivity index is 2.20. The summed E-state index contributed by atoms with van der Waals surface area (Å²) >= 11 is 0. The molecule has 1 aromatic carbocycles. The summed E-state index contributed by atoms with van der Waals surface area (Å²) in [4.78, 5) is 0. The van der Waals surface area contributed by atoms with Crippen LogP contribution in [0.4, 0.5) is 0 Å². The van der Waals surface area contributed by atoms with Gasteiger partial charge in [-0.3, -0.25) is 0 Å². The first-order valence-corrected chi connectivity index (χ1v) is 6.11. The lowest BCUT2D eigenvalue weighted by Gasteiger charge is -2.25. The molecule has 2 nitrogen and oxygen atoms in total. The molecule has 1 fully saturated rings. The van der Waals surface area contributed by atoms with E-state index in [-0.39, 0.29) is 18.0 Å². The molecule has 0 radical (unpaired) electrons. The van der Waals surface area contributed by atoms with Crippen molar-refractivity contribution in [2.45, 2.75) is 51.6 Å². The molecule has 0 bridgehead atoms. The summed E-state index contributed by atoms with van der Waals surface area (Å²) in [7, 11) is 0. The average Bonchev–Trinajstić information content (AvgIpc) is 2.69. The lowest BCUT2D eigenvalue weighted by molar-refractivity contribution is -0.178. The zero-order valence-electron chi connectivity index (χ0n) is 10.3. The van der Waals surface area contributed by atoms with Gasteiger partial charge in [-0.15, -0.1) is 0 Å². The quantitative estimate of drug-likeness (QED) is 0.773. The first-order chi connectivity index (χ1) is 7.71. The van der Waals surface area contributed by atoms with Gasteiger partial charge in [0.2, 0.25) is 0 Å². The van der Waals surface area contributed by atoms with Crippen molar-refractivity contribution in [1.82, 2.24) is 0 Å². The molecule has 1 aromatic rings. The topological polar surface area (TPSA) is 18.5 Å². The van der Waals surface area contributed by atoms with Gasteiger partial charge in [0.25, 0.3) is 0 Å². The molecular weight excluding hydrogens is 200 g/mol. The third-order valence-electron chi connectivity index (χ3n) is 3.37. The largest absolute Gasteiger partial charge is 0.344 e. The van der Waals surface area contributed by atoms with Crippen LogP contribution in [0, 0.1) is 0 Å². The highest BCUT2D eigenvalue weighted by molar-refractivity contribution is 5.19. The fourth-order valence-electron chi connectivity index (χ4n) is 2.32. The minimum atomic E-state index is -0.375. The maximum absolute atomic E-state index is 6.12. The zero-order chi connectivity index (χ0) is 11.6. The Hall–Kier alpha value is -0.860. The van der Waals surface area contributed by atoms with E-state index in [1.165, 1.54) is 5.56 Å². The molecule has 1 aliphatic heterocycles. The Labute approximate surface area is 97.6 Å². The number of hydrogen-bond acceptors (Lipinski definition) is 2. The van der Waals surface area contributed by atoms with Crippen LogP contribution in [-0.2, 0) is 9.47 Å². The Morgan fingerprint density at radius 1 is 1.06 bits per heavy atom. The van der Waals surface area contributed by atoms with Gasteiger partial charge in [-0.1, -0.05) is 44.2 Å². The second kappa shape index (κ2) is 4.56. The molecule has 0 amide bonds. The summed E-state index contributed by atoms with van der Waals surface area (Å²) in [6, 6.07) is 10.3. The van der Waals surface area contributed by atoms with Gasteiger partial charge in [-0.25, -0.2) is 0 Å². The summed E-state index contributed by atoms with van der Waals surface area (Å²) in [6.45, 7) is 6.32. The number of benzene rings is 1. The molecule has 2 atom stereocenters. The van der Waals surface area contributed by atoms with E-state index in [1.807, 2.05) is 18.2 Å². The molecule has 0 saturated carbocycles. The normalized spacial score (nSPS) is 28.2. The van der Waals surface area contributed by atoms with Crippen LogP contribution in [0.25, 0.3) is 0 Å². The van der Waals surface area contributed by atoms with Crippen LogP contribution in [-0.4, -0.2) is 11.9 Å². The number of rotatable bonds is 3.